The van der Waals surface area contributed by atoms with Crippen LogP contribution >= 0.6 is 0 Å². The van der Waals surface area contributed by atoms with E-state index in [9.17, 15) is 28.4 Å². The second-order valence-electron chi connectivity index (χ2n) is 5.02. The zero-order valence-corrected chi connectivity index (χ0v) is 12.4. The molecule has 9 heteroatoms. The van der Waals surface area contributed by atoms with E-state index in [1.54, 1.807) is 0 Å². The molecule has 0 fully saturated rings. The van der Waals surface area contributed by atoms with Gasteiger partial charge in [0.15, 0.2) is 17.4 Å². The number of hydrogen-bond acceptors (Lipinski definition) is 5. The molecule has 6 nitrogen and oxygen atoms in total. The lowest BCUT2D eigenvalue weighted by atomic mass is 10.0. The molecule has 25 heavy (non-hydrogen) atoms. The molecule has 2 aromatic carbocycles. The Hall–Kier alpha value is -3.20. The number of aliphatic hydroxyl groups is 1. The first-order valence-electron chi connectivity index (χ1n) is 6.92. The van der Waals surface area contributed by atoms with Gasteiger partial charge in [-0.25, -0.2) is 13.2 Å². The number of halogens is 3. The Bertz CT molecular complexity index is 972. The zero-order chi connectivity index (χ0) is 18.1. The van der Waals surface area contributed by atoms with Crippen LogP contribution in [0.4, 0.5) is 18.9 Å². The highest BCUT2D eigenvalue weighted by molar-refractivity contribution is 5.78. The van der Waals surface area contributed by atoms with Gasteiger partial charge < -0.3 is 9.63 Å². The summed E-state index contributed by atoms with van der Waals surface area (Å²) in [5.41, 5.74) is -0.897. The molecule has 3 aromatic rings. The maximum atomic E-state index is 14.0. The fraction of sp³-hybridized carbons (Fsp3) is 0.0625. The van der Waals surface area contributed by atoms with Gasteiger partial charge in [0.1, 0.15) is 11.5 Å². The van der Waals surface area contributed by atoms with Gasteiger partial charge in [-0.1, -0.05) is 17.3 Å². The third-order valence-electron chi connectivity index (χ3n) is 3.56. The summed E-state index contributed by atoms with van der Waals surface area (Å²) in [5.74, 6) is -4.17. The molecule has 0 radical (unpaired) electrons. The Balaban J connectivity index is 2.22. The first-order valence-corrected chi connectivity index (χ1v) is 6.92. The minimum absolute atomic E-state index is 0.0366. The van der Waals surface area contributed by atoms with Crippen LogP contribution < -0.4 is 0 Å². The van der Waals surface area contributed by atoms with Gasteiger partial charge in [-0.2, -0.15) is 0 Å². The van der Waals surface area contributed by atoms with E-state index in [0.717, 1.165) is 0 Å². The topological polar surface area (TPSA) is 89.4 Å². The predicted octanol–water partition coefficient (Wildman–Crippen LogP) is 3.83. The number of nitro benzene ring substituents is 1. The van der Waals surface area contributed by atoms with Gasteiger partial charge in [-0.3, -0.25) is 10.1 Å². The number of nitrogens with zero attached hydrogens (tertiary/aromatic N) is 2. The Labute approximate surface area is 138 Å². The molecular weight excluding hydrogens is 341 g/mol. The van der Waals surface area contributed by atoms with Crippen LogP contribution in [0.25, 0.3) is 22.6 Å². The number of hydrogen-bond donors (Lipinski definition) is 1. The van der Waals surface area contributed by atoms with Crippen LogP contribution in [0.15, 0.2) is 40.9 Å². The van der Waals surface area contributed by atoms with E-state index in [4.69, 9.17) is 4.52 Å². The molecule has 0 spiro atoms. The molecule has 0 atom stereocenters. The van der Waals surface area contributed by atoms with Gasteiger partial charge in [0.05, 0.1) is 28.2 Å². The summed E-state index contributed by atoms with van der Waals surface area (Å²) < 4.78 is 45.5. The van der Waals surface area contributed by atoms with Gasteiger partial charge in [0.2, 0.25) is 0 Å². The lowest BCUT2D eigenvalue weighted by Crippen LogP contribution is -1.96. The third kappa shape index (κ3) is 2.85. The van der Waals surface area contributed by atoms with Crippen molar-refractivity contribution in [1.29, 1.82) is 0 Å². The lowest BCUT2D eigenvalue weighted by molar-refractivity contribution is -0.384. The average molecular weight is 350 g/mol. The monoisotopic (exact) mass is 350 g/mol. The van der Waals surface area contributed by atoms with Gasteiger partial charge in [0.25, 0.3) is 5.69 Å². The van der Waals surface area contributed by atoms with Gasteiger partial charge in [0, 0.05) is 12.1 Å². The van der Waals surface area contributed by atoms with Crippen LogP contribution in [-0.2, 0) is 6.61 Å². The van der Waals surface area contributed by atoms with Crippen LogP contribution in [0.5, 0.6) is 0 Å². The van der Waals surface area contributed by atoms with Crippen molar-refractivity contribution >= 4 is 5.69 Å². The van der Waals surface area contributed by atoms with Crippen molar-refractivity contribution in [3.05, 3.63) is 69.5 Å². The molecule has 1 aromatic heterocycles. The summed E-state index contributed by atoms with van der Waals surface area (Å²) in [6.45, 7) is -0.710. The number of benzene rings is 2. The summed E-state index contributed by atoms with van der Waals surface area (Å²) in [7, 11) is 0. The second kappa shape index (κ2) is 6.36. The van der Waals surface area contributed by atoms with E-state index in [1.807, 2.05) is 0 Å². The first-order chi connectivity index (χ1) is 11.9. The lowest BCUT2D eigenvalue weighted by Gasteiger charge is -2.04. The molecule has 1 heterocycles. The van der Waals surface area contributed by atoms with E-state index < -0.39 is 34.5 Å². The quantitative estimate of drug-likeness (QED) is 0.439. The number of nitro groups is 1. The molecular formula is C16H9F3N2O4. The highest BCUT2D eigenvalue weighted by atomic mass is 19.2. The Morgan fingerprint density at radius 3 is 2.44 bits per heavy atom. The van der Waals surface area contributed by atoms with Crippen molar-refractivity contribution in [3.63, 3.8) is 0 Å². The highest BCUT2D eigenvalue weighted by Gasteiger charge is 2.26. The number of aliphatic hydroxyl groups excluding tert-OH is 1. The molecule has 128 valence electrons. The number of rotatable bonds is 4. The summed E-state index contributed by atoms with van der Waals surface area (Å²) >= 11 is 0. The van der Waals surface area contributed by atoms with Crippen molar-refractivity contribution in [2.24, 2.45) is 0 Å². The van der Waals surface area contributed by atoms with Gasteiger partial charge in [-0.05, 0) is 12.1 Å². The summed E-state index contributed by atoms with van der Waals surface area (Å²) in [6.07, 6.45) is 0. The smallest absolute Gasteiger partial charge is 0.278 e. The van der Waals surface area contributed by atoms with Crippen LogP contribution in [0.3, 0.4) is 0 Å². The van der Waals surface area contributed by atoms with Crippen molar-refractivity contribution in [1.82, 2.24) is 5.16 Å². The molecule has 0 aliphatic heterocycles. The van der Waals surface area contributed by atoms with Crippen molar-refractivity contribution in [3.8, 4) is 22.6 Å². The molecule has 0 aliphatic rings. The SMILES string of the molecule is O=[N+]([O-])c1ccccc1-c1noc(-c2cc(F)c(F)cc2F)c1CO. The Kier molecular flexibility index (Phi) is 4.24. The van der Waals surface area contributed by atoms with E-state index in [0.29, 0.717) is 12.1 Å². The van der Waals surface area contributed by atoms with E-state index in [2.05, 4.69) is 5.16 Å². The minimum atomic E-state index is -1.38. The number of aromatic nitrogens is 1. The largest absolute Gasteiger partial charge is 0.391 e. The van der Waals surface area contributed by atoms with Crippen LogP contribution in [0.2, 0.25) is 0 Å². The molecule has 0 saturated carbocycles. The molecule has 0 saturated heterocycles. The molecule has 0 amide bonds. The van der Waals surface area contributed by atoms with Crippen molar-refractivity contribution in [2.75, 3.05) is 0 Å². The summed E-state index contributed by atoms with van der Waals surface area (Å²) in [5, 5.41) is 24.4. The fourth-order valence-electron chi connectivity index (χ4n) is 2.41. The van der Waals surface area contributed by atoms with Gasteiger partial charge >= 0.3 is 0 Å². The van der Waals surface area contributed by atoms with Gasteiger partial charge in [-0.15, -0.1) is 0 Å². The maximum absolute atomic E-state index is 14.0. The second-order valence-corrected chi connectivity index (χ2v) is 5.02. The molecule has 3 rings (SSSR count). The summed E-state index contributed by atoms with van der Waals surface area (Å²) in [4.78, 5) is 10.5. The number of para-hydroxylation sites is 1. The normalized spacial score (nSPS) is 10.9. The van der Waals surface area contributed by atoms with E-state index in [1.165, 1.54) is 24.3 Å². The van der Waals surface area contributed by atoms with Crippen molar-refractivity contribution < 1.29 is 27.7 Å². The summed E-state index contributed by atoms with van der Waals surface area (Å²) in [6, 6.07) is 6.45. The highest BCUT2D eigenvalue weighted by Crippen LogP contribution is 2.37. The molecule has 0 aliphatic carbocycles. The fourth-order valence-corrected chi connectivity index (χ4v) is 2.41. The molecule has 0 unspecified atom stereocenters. The molecule has 1 N–H and O–H groups in total. The van der Waals surface area contributed by atoms with E-state index in [-0.39, 0.29) is 28.3 Å². The third-order valence-corrected chi connectivity index (χ3v) is 3.56. The minimum Gasteiger partial charge on any atom is -0.391 e. The average Bonchev–Trinajstić information content (AvgIpc) is 3.01. The maximum Gasteiger partial charge on any atom is 0.278 e. The Morgan fingerprint density at radius 1 is 1.08 bits per heavy atom. The van der Waals surface area contributed by atoms with E-state index >= 15 is 0 Å². The van der Waals surface area contributed by atoms with Crippen molar-refractivity contribution in [2.45, 2.75) is 6.61 Å². The van der Waals surface area contributed by atoms with Crippen LogP contribution in [-0.4, -0.2) is 15.2 Å². The zero-order valence-electron chi connectivity index (χ0n) is 12.4. The first kappa shape index (κ1) is 16.7. The predicted molar refractivity (Wildman–Crippen MR) is 79.8 cm³/mol. The van der Waals surface area contributed by atoms with Crippen LogP contribution in [0.1, 0.15) is 5.56 Å². The molecule has 0 bridgehead atoms. The van der Waals surface area contributed by atoms with Crippen LogP contribution in [0, 0.1) is 27.6 Å². The Morgan fingerprint density at radius 2 is 1.76 bits per heavy atom. The standard InChI is InChI=1S/C16H9F3N2O4/c17-11-6-13(19)12(18)5-9(11)16-10(7-22)15(20-25-16)8-3-1-2-4-14(8)21(23)24/h1-6,22H,7H2.